The van der Waals surface area contributed by atoms with Crippen molar-refractivity contribution in [2.45, 2.75) is 37.8 Å². The van der Waals surface area contributed by atoms with Crippen molar-refractivity contribution < 1.29 is 4.79 Å². The van der Waals surface area contributed by atoms with Crippen LogP contribution in [0.5, 0.6) is 0 Å². The number of likely N-dealkylation sites (tertiary alicyclic amines) is 2. The third-order valence-corrected chi connectivity index (χ3v) is 6.18. The van der Waals surface area contributed by atoms with Crippen LogP contribution in [0.15, 0.2) is 24.7 Å². The Labute approximate surface area is 165 Å². The summed E-state index contributed by atoms with van der Waals surface area (Å²) in [4.78, 5) is 17.1. The molecule has 0 bridgehead atoms. The van der Waals surface area contributed by atoms with Gasteiger partial charge in [-0.05, 0) is 51.3 Å². The normalized spacial score (nSPS) is 26.4. The number of nitrogens with one attached hydrogen (secondary N) is 1. The average Bonchev–Trinajstić information content (AvgIpc) is 3.38. The molecule has 2 fully saturated rings. The topological polar surface area (TPSA) is 84.1 Å². The molecule has 2 aromatic rings. The Bertz CT molecular complexity index is 773. The summed E-state index contributed by atoms with van der Waals surface area (Å²) < 4.78 is 3.82. The van der Waals surface area contributed by atoms with Gasteiger partial charge in [-0.2, -0.15) is 5.10 Å². The summed E-state index contributed by atoms with van der Waals surface area (Å²) >= 11 is 0. The van der Waals surface area contributed by atoms with Crippen molar-refractivity contribution in [3.63, 3.8) is 0 Å². The molecule has 1 unspecified atom stereocenters. The molecule has 28 heavy (non-hydrogen) atoms. The molecule has 2 saturated heterocycles. The van der Waals surface area contributed by atoms with E-state index >= 15 is 0 Å². The standard InChI is InChI=1S/C19H30N8O/c1-24-10-3-5-15(18(24)17-7-8-22-25(17)2)13-20-19(28)26-11-4-6-16(14-26)27-12-9-21-23-27/h7-9,12,15-16,18H,3-6,10-11,13-14H2,1-2H3,(H,20,28)/t15-,16?,18+/m0/s1. The van der Waals surface area contributed by atoms with Gasteiger partial charge in [0.05, 0.1) is 24.0 Å². The lowest BCUT2D eigenvalue weighted by molar-refractivity contribution is 0.110. The van der Waals surface area contributed by atoms with Gasteiger partial charge < -0.3 is 10.2 Å². The van der Waals surface area contributed by atoms with E-state index in [9.17, 15) is 4.79 Å². The van der Waals surface area contributed by atoms with Gasteiger partial charge in [-0.3, -0.25) is 9.58 Å². The predicted octanol–water partition coefficient (Wildman–Crippen LogP) is 1.44. The molecule has 0 radical (unpaired) electrons. The summed E-state index contributed by atoms with van der Waals surface area (Å²) in [6, 6.07) is 2.62. The number of nitrogens with zero attached hydrogens (tertiary/aromatic N) is 7. The Morgan fingerprint density at radius 3 is 2.82 bits per heavy atom. The lowest BCUT2D eigenvalue weighted by Crippen LogP contribution is -2.49. The van der Waals surface area contributed by atoms with Crippen LogP contribution in [0.3, 0.4) is 0 Å². The van der Waals surface area contributed by atoms with Crippen LogP contribution < -0.4 is 5.32 Å². The molecule has 0 saturated carbocycles. The molecule has 152 valence electrons. The number of aromatic nitrogens is 5. The van der Waals surface area contributed by atoms with Crippen molar-refractivity contribution in [1.82, 2.24) is 39.9 Å². The molecule has 9 heteroatoms. The van der Waals surface area contributed by atoms with Gasteiger partial charge in [-0.1, -0.05) is 5.21 Å². The van der Waals surface area contributed by atoms with Gasteiger partial charge in [0, 0.05) is 39.1 Å². The monoisotopic (exact) mass is 386 g/mol. The molecule has 2 aromatic heterocycles. The first-order chi connectivity index (χ1) is 13.6. The SMILES string of the molecule is CN1CCC[C@@H](CNC(=O)N2CCCC(n3ccnn3)C2)[C@@H]1c1ccnn1C. The third-order valence-electron chi connectivity index (χ3n) is 6.18. The zero-order valence-electron chi connectivity index (χ0n) is 16.7. The summed E-state index contributed by atoms with van der Waals surface area (Å²) in [5, 5.41) is 15.5. The summed E-state index contributed by atoms with van der Waals surface area (Å²) in [6.45, 7) is 3.24. The summed E-state index contributed by atoms with van der Waals surface area (Å²) in [6.07, 6.45) is 9.71. The molecule has 0 aromatic carbocycles. The number of rotatable bonds is 4. The third kappa shape index (κ3) is 3.89. The number of amides is 2. The number of carbonyl (C=O) groups excluding carboxylic acids is 1. The Kier molecular flexibility index (Phi) is 5.61. The number of aryl methyl sites for hydroxylation is 1. The molecule has 2 aliphatic rings. The second-order valence-corrected chi connectivity index (χ2v) is 8.02. The van der Waals surface area contributed by atoms with E-state index in [0.29, 0.717) is 19.0 Å². The van der Waals surface area contributed by atoms with E-state index in [0.717, 1.165) is 38.8 Å². The minimum absolute atomic E-state index is 0.0294. The Balaban J connectivity index is 1.37. The van der Waals surface area contributed by atoms with Gasteiger partial charge in [-0.25, -0.2) is 9.48 Å². The molecule has 2 aliphatic heterocycles. The Morgan fingerprint density at radius 2 is 2.07 bits per heavy atom. The molecule has 0 aliphatic carbocycles. The minimum atomic E-state index is 0.0294. The van der Waals surface area contributed by atoms with Gasteiger partial charge in [0.25, 0.3) is 0 Å². The van der Waals surface area contributed by atoms with Crippen LogP contribution in [0, 0.1) is 5.92 Å². The minimum Gasteiger partial charge on any atom is -0.338 e. The van der Waals surface area contributed by atoms with E-state index in [2.05, 4.69) is 38.7 Å². The number of carbonyl (C=O) groups is 1. The van der Waals surface area contributed by atoms with Crippen molar-refractivity contribution in [2.24, 2.45) is 13.0 Å². The molecular formula is C19H30N8O. The fraction of sp³-hybridized carbons (Fsp3) is 0.684. The van der Waals surface area contributed by atoms with Crippen molar-refractivity contribution in [3.8, 4) is 0 Å². The van der Waals surface area contributed by atoms with Crippen LogP contribution in [0.4, 0.5) is 4.79 Å². The van der Waals surface area contributed by atoms with Gasteiger partial charge in [-0.15, -0.1) is 5.10 Å². The first-order valence-electron chi connectivity index (χ1n) is 10.2. The van der Waals surface area contributed by atoms with E-state index in [1.165, 1.54) is 5.69 Å². The fourth-order valence-electron chi connectivity index (χ4n) is 4.71. The lowest BCUT2D eigenvalue weighted by atomic mass is 9.87. The molecule has 9 nitrogen and oxygen atoms in total. The van der Waals surface area contributed by atoms with E-state index in [-0.39, 0.29) is 18.1 Å². The van der Waals surface area contributed by atoms with Gasteiger partial charge in [0.1, 0.15) is 0 Å². The fourth-order valence-corrected chi connectivity index (χ4v) is 4.71. The van der Waals surface area contributed by atoms with E-state index in [1.54, 1.807) is 6.20 Å². The maximum absolute atomic E-state index is 12.8. The van der Waals surface area contributed by atoms with Crippen LogP contribution >= 0.6 is 0 Å². The van der Waals surface area contributed by atoms with Crippen LogP contribution in [0.1, 0.15) is 43.5 Å². The highest BCUT2D eigenvalue weighted by Gasteiger charge is 2.33. The van der Waals surface area contributed by atoms with E-state index in [1.807, 2.05) is 33.7 Å². The largest absolute Gasteiger partial charge is 0.338 e. The summed E-state index contributed by atoms with van der Waals surface area (Å²) in [5.41, 5.74) is 1.21. The average molecular weight is 387 g/mol. The smallest absolute Gasteiger partial charge is 0.317 e. The van der Waals surface area contributed by atoms with E-state index in [4.69, 9.17) is 0 Å². The molecule has 4 rings (SSSR count). The number of piperidine rings is 2. The number of hydrogen-bond donors (Lipinski definition) is 1. The van der Waals surface area contributed by atoms with E-state index < -0.39 is 0 Å². The zero-order chi connectivity index (χ0) is 19.5. The van der Waals surface area contributed by atoms with Crippen molar-refractivity contribution in [2.75, 3.05) is 33.2 Å². The molecular weight excluding hydrogens is 356 g/mol. The van der Waals surface area contributed by atoms with Crippen LogP contribution in [-0.2, 0) is 7.05 Å². The predicted molar refractivity (Wildman–Crippen MR) is 105 cm³/mol. The Hall–Kier alpha value is -2.42. The van der Waals surface area contributed by atoms with Gasteiger partial charge >= 0.3 is 6.03 Å². The van der Waals surface area contributed by atoms with Crippen LogP contribution in [0.25, 0.3) is 0 Å². The van der Waals surface area contributed by atoms with Crippen LogP contribution in [0.2, 0.25) is 0 Å². The van der Waals surface area contributed by atoms with Crippen LogP contribution in [-0.4, -0.2) is 73.8 Å². The lowest BCUT2D eigenvalue weighted by Gasteiger charge is -2.40. The van der Waals surface area contributed by atoms with Gasteiger partial charge in [0.2, 0.25) is 0 Å². The molecule has 3 atom stereocenters. The number of hydrogen-bond acceptors (Lipinski definition) is 5. The molecule has 4 heterocycles. The highest BCUT2D eigenvalue weighted by Crippen LogP contribution is 2.34. The highest BCUT2D eigenvalue weighted by atomic mass is 16.2. The number of urea groups is 1. The highest BCUT2D eigenvalue weighted by molar-refractivity contribution is 5.74. The summed E-state index contributed by atoms with van der Waals surface area (Å²) in [5.74, 6) is 0.383. The first-order valence-corrected chi connectivity index (χ1v) is 10.2. The first kappa shape index (κ1) is 18.9. The van der Waals surface area contributed by atoms with Crippen molar-refractivity contribution in [3.05, 3.63) is 30.4 Å². The van der Waals surface area contributed by atoms with Gasteiger partial charge in [0.15, 0.2) is 0 Å². The summed E-state index contributed by atoms with van der Waals surface area (Å²) in [7, 11) is 4.16. The molecule has 1 N–H and O–H groups in total. The second kappa shape index (κ2) is 8.30. The maximum atomic E-state index is 12.8. The Morgan fingerprint density at radius 1 is 1.21 bits per heavy atom. The maximum Gasteiger partial charge on any atom is 0.317 e. The molecule has 2 amide bonds. The second-order valence-electron chi connectivity index (χ2n) is 8.02. The zero-order valence-corrected chi connectivity index (χ0v) is 16.7. The van der Waals surface area contributed by atoms with Crippen molar-refractivity contribution in [1.29, 1.82) is 0 Å². The molecule has 0 spiro atoms. The quantitative estimate of drug-likeness (QED) is 0.860. The van der Waals surface area contributed by atoms with Crippen molar-refractivity contribution >= 4 is 6.03 Å².